The zero-order chi connectivity index (χ0) is 18.4. The maximum absolute atomic E-state index is 13.6. The first-order chi connectivity index (χ1) is 12.6. The van der Waals surface area contributed by atoms with Crippen molar-refractivity contribution in [3.8, 4) is 5.75 Å². The van der Waals surface area contributed by atoms with Gasteiger partial charge in [-0.05, 0) is 29.3 Å². The number of ether oxygens (including phenoxy) is 1. The summed E-state index contributed by atoms with van der Waals surface area (Å²) in [6, 6.07) is 20.6. The fourth-order valence-corrected chi connectivity index (χ4v) is 2.54. The standard InChI is InChI=1S/C21H17F2NO2/c22-17-10-6-11-18(23)21(17)24-20(25)14-26-19-12-5-4-9-16(19)13-15-7-2-1-3-8-15/h1-12H,13-14H2,(H,24,25). The van der Waals surface area contributed by atoms with Crippen LogP contribution in [0.1, 0.15) is 11.1 Å². The molecule has 0 heterocycles. The molecule has 0 aromatic heterocycles. The lowest BCUT2D eigenvalue weighted by atomic mass is 10.0. The number of halogens is 2. The molecule has 0 atom stereocenters. The number of hydrogen-bond donors (Lipinski definition) is 1. The predicted molar refractivity (Wildman–Crippen MR) is 96.2 cm³/mol. The van der Waals surface area contributed by atoms with Crippen LogP contribution in [-0.4, -0.2) is 12.5 Å². The molecule has 5 heteroatoms. The van der Waals surface area contributed by atoms with E-state index in [2.05, 4.69) is 5.32 Å². The minimum atomic E-state index is -0.831. The number of carbonyl (C=O) groups is 1. The summed E-state index contributed by atoms with van der Waals surface area (Å²) in [5.74, 6) is -1.74. The molecule has 0 fully saturated rings. The van der Waals surface area contributed by atoms with Crippen LogP contribution in [-0.2, 0) is 11.2 Å². The number of hydrogen-bond acceptors (Lipinski definition) is 2. The maximum Gasteiger partial charge on any atom is 0.262 e. The Morgan fingerprint density at radius 2 is 1.50 bits per heavy atom. The lowest BCUT2D eigenvalue weighted by Gasteiger charge is -2.12. The van der Waals surface area contributed by atoms with E-state index in [-0.39, 0.29) is 6.61 Å². The number of carbonyl (C=O) groups excluding carboxylic acids is 1. The van der Waals surface area contributed by atoms with Gasteiger partial charge in [0.15, 0.2) is 6.61 Å². The van der Waals surface area contributed by atoms with Crippen molar-refractivity contribution in [2.75, 3.05) is 11.9 Å². The van der Waals surface area contributed by atoms with Crippen LogP contribution in [0.2, 0.25) is 0 Å². The van der Waals surface area contributed by atoms with E-state index in [1.807, 2.05) is 42.5 Å². The molecule has 0 spiro atoms. The van der Waals surface area contributed by atoms with Gasteiger partial charge in [-0.25, -0.2) is 8.78 Å². The lowest BCUT2D eigenvalue weighted by Crippen LogP contribution is -2.21. The Morgan fingerprint density at radius 3 is 2.23 bits per heavy atom. The first kappa shape index (κ1) is 17.6. The van der Waals surface area contributed by atoms with Crippen molar-refractivity contribution in [2.45, 2.75) is 6.42 Å². The molecule has 0 aliphatic carbocycles. The van der Waals surface area contributed by atoms with Gasteiger partial charge >= 0.3 is 0 Å². The van der Waals surface area contributed by atoms with Crippen molar-refractivity contribution < 1.29 is 18.3 Å². The fraction of sp³-hybridized carbons (Fsp3) is 0.0952. The third-order valence-electron chi connectivity index (χ3n) is 3.80. The molecule has 0 saturated carbocycles. The van der Waals surface area contributed by atoms with Crippen LogP contribution in [0.25, 0.3) is 0 Å². The number of amides is 1. The molecule has 0 unspecified atom stereocenters. The Kier molecular flexibility index (Phi) is 5.59. The molecular formula is C21H17F2NO2. The molecule has 0 aliphatic heterocycles. The van der Waals surface area contributed by atoms with Gasteiger partial charge in [-0.15, -0.1) is 0 Å². The van der Waals surface area contributed by atoms with Crippen LogP contribution >= 0.6 is 0 Å². The Bertz CT molecular complexity index is 877. The van der Waals surface area contributed by atoms with Gasteiger partial charge in [-0.1, -0.05) is 54.6 Å². The Hall–Kier alpha value is -3.21. The number of nitrogens with one attached hydrogen (secondary N) is 1. The summed E-state index contributed by atoms with van der Waals surface area (Å²) in [5.41, 5.74) is 1.56. The zero-order valence-electron chi connectivity index (χ0n) is 13.9. The van der Waals surface area contributed by atoms with Gasteiger partial charge in [-0.2, -0.15) is 0 Å². The third kappa shape index (κ3) is 4.45. The van der Waals surface area contributed by atoms with Crippen LogP contribution in [0, 0.1) is 11.6 Å². The van der Waals surface area contributed by atoms with Crippen LogP contribution in [0.3, 0.4) is 0 Å². The number of para-hydroxylation sites is 2. The Labute approximate surface area is 150 Å². The first-order valence-corrected chi connectivity index (χ1v) is 8.12. The number of benzene rings is 3. The average Bonchev–Trinajstić information content (AvgIpc) is 2.65. The van der Waals surface area contributed by atoms with E-state index in [0.29, 0.717) is 12.2 Å². The SMILES string of the molecule is O=C(COc1ccccc1Cc1ccccc1)Nc1c(F)cccc1F. The van der Waals surface area contributed by atoms with Crippen molar-refractivity contribution >= 4 is 11.6 Å². The van der Waals surface area contributed by atoms with Crippen LogP contribution in [0.15, 0.2) is 72.8 Å². The van der Waals surface area contributed by atoms with E-state index in [1.54, 1.807) is 12.1 Å². The second-order valence-corrected chi connectivity index (χ2v) is 5.70. The van der Waals surface area contributed by atoms with Crippen molar-refractivity contribution in [3.05, 3.63) is 95.6 Å². The highest BCUT2D eigenvalue weighted by Crippen LogP contribution is 2.22. The van der Waals surface area contributed by atoms with Crippen LogP contribution in [0.5, 0.6) is 5.75 Å². The fourth-order valence-electron chi connectivity index (χ4n) is 2.54. The monoisotopic (exact) mass is 353 g/mol. The largest absolute Gasteiger partial charge is 0.483 e. The van der Waals surface area contributed by atoms with Crippen molar-refractivity contribution in [3.63, 3.8) is 0 Å². The molecule has 0 saturated heterocycles. The molecule has 132 valence electrons. The molecule has 3 rings (SSSR count). The van der Waals surface area contributed by atoms with E-state index < -0.39 is 23.2 Å². The van der Waals surface area contributed by atoms with Crippen LogP contribution < -0.4 is 10.1 Å². The van der Waals surface area contributed by atoms with Gasteiger partial charge in [-0.3, -0.25) is 4.79 Å². The second kappa shape index (κ2) is 8.25. The summed E-state index contributed by atoms with van der Waals surface area (Å²) < 4.78 is 32.7. The molecule has 0 radical (unpaired) electrons. The molecule has 3 aromatic rings. The van der Waals surface area contributed by atoms with Crippen molar-refractivity contribution in [1.29, 1.82) is 0 Å². The van der Waals surface area contributed by atoms with E-state index in [4.69, 9.17) is 4.74 Å². The van der Waals surface area contributed by atoms with E-state index >= 15 is 0 Å². The second-order valence-electron chi connectivity index (χ2n) is 5.70. The van der Waals surface area contributed by atoms with Gasteiger partial charge in [0.2, 0.25) is 0 Å². The first-order valence-electron chi connectivity index (χ1n) is 8.12. The summed E-state index contributed by atoms with van der Waals surface area (Å²) in [6.45, 7) is -0.348. The smallest absolute Gasteiger partial charge is 0.262 e. The maximum atomic E-state index is 13.6. The van der Waals surface area contributed by atoms with Gasteiger partial charge in [0.25, 0.3) is 5.91 Å². The molecule has 26 heavy (non-hydrogen) atoms. The van der Waals surface area contributed by atoms with E-state index in [1.165, 1.54) is 6.07 Å². The van der Waals surface area contributed by atoms with Crippen molar-refractivity contribution in [2.24, 2.45) is 0 Å². The number of rotatable bonds is 6. The molecule has 0 bridgehead atoms. The number of anilines is 1. The summed E-state index contributed by atoms with van der Waals surface area (Å²) in [6.07, 6.45) is 0.653. The van der Waals surface area contributed by atoms with Crippen molar-refractivity contribution in [1.82, 2.24) is 0 Å². The van der Waals surface area contributed by atoms with Gasteiger partial charge in [0.05, 0.1) is 0 Å². The lowest BCUT2D eigenvalue weighted by molar-refractivity contribution is -0.118. The topological polar surface area (TPSA) is 38.3 Å². The molecule has 1 N–H and O–H groups in total. The highest BCUT2D eigenvalue weighted by atomic mass is 19.1. The van der Waals surface area contributed by atoms with Gasteiger partial charge in [0.1, 0.15) is 23.1 Å². The van der Waals surface area contributed by atoms with Gasteiger partial charge in [0, 0.05) is 6.42 Å². The summed E-state index contributed by atoms with van der Waals surface area (Å²) in [4.78, 5) is 12.0. The summed E-state index contributed by atoms with van der Waals surface area (Å²) in [7, 11) is 0. The highest BCUT2D eigenvalue weighted by molar-refractivity contribution is 5.92. The van der Waals surface area contributed by atoms with E-state index in [9.17, 15) is 13.6 Å². The van der Waals surface area contributed by atoms with Crippen LogP contribution in [0.4, 0.5) is 14.5 Å². The highest BCUT2D eigenvalue weighted by Gasteiger charge is 2.13. The molecule has 1 amide bonds. The Morgan fingerprint density at radius 1 is 0.846 bits per heavy atom. The van der Waals surface area contributed by atoms with Gasteiger partial charge < -0.3 is 10.1 Å². The summed E-state index contributed by atoms with van der Waals surface area (Å²) >= 11 is 0. The summed E-state index contributed by atoms with van der Waals surface area (Å²) in [5, 5.41) is 2.20. The quantitative estimate of drug-likeness (QED) is 0.705. The van der Waals surface area contributed by atoms with E-state index in [0.717, 1.165) is 23.3 Å². The Balaban J connectivity index is 1.65. The minimum absolute atomic E-state index is 0.348. The average molecular weight is 353 g/mol. The third-order valence-corrected chi connectivity index (χ3v) is 3.80. The predicted octanol–water partition coefficient (Wildman–Crippen LogP) is 4.57. The molecule has 0 aliphatic rings. The minimum Gasteiger partial charge on any atom is -0.483 e. The molecule has 3 nitrogen and oxygen atoms in total. The normalized spacial score (nSPS) is 10.4. The molecular weight excluding hydrogens is 336 g/mol. The molecule has 3 aromatic carbocycles. The zero-order valence-corrected chi connectivity index (χ0v) is 13.9.